The van der Waals surface area contributed by atoms with Crippen LogP contribution in [0.2, 0.25) is 0 Å². The highest BCUT2D eigenvalue weighted by molar-refractivity contribution is 5.90. The number of carbonyl (C=O) groups is 1. The van der Waals surface area contributed by atoms with Gasteiger partial charge in [-0.1, -0.05) is 56.5 Å². The molecule has 0 radical (unpaired) electrons. The lowest BCUT2D eigenvalue weighted by molar-refractivity contribution is -0.127. The normalized spacial score (nSPS) is 19.1. The van der Waals surface area contributed by atoms with Gasteiger partial charge in [-0.2, -0.15) is 0 Å². The van der Waals surface area contributed by atoms with Crippen molar-refractivity contribution in [1.82, 2.24) is 4.90 Å². The third kappa shape index (κ3) is 3.60. The summed E-state index contributed by atoms with van der Waals surface area (Å²) in [5, 5.41) is 0. The minimum Gasteiger partial charge on any atom is -0.309 e. The second-order valence-corrected chi connectivity index (χ2v) is 7.00. The second kappa shape index (κ2) is 7.92. The zero-order chi connectivity index (χ0) is 16.0. The molecule has 0 saturated heterocycles. The van der Waals surface area contributed by atoms with Gasteiger partial charge in [0.1, 0.15) is 5.78 Å². The van der Waals surface area contributed by atoms with Crippen LogP contribution >= 0.6 is 0 Å². The SMILES string of the molecule is CCC(=O)C(CCN(C)C)(c1ccccc1)C1CCCCC1. The first-order valence-corrected chi connectivity index (χ1v) is 8.84. The van der Waals surface area contributed by atoms with E-state index in [9.17, 15) is 4.79 Å². The first kappa shape index (κ1) is 17.2. The van der Waals surface area contributed by atoms with Crippen LogP contribution in [0.3, 0.4) is 0 Å². The van der Waals surface area contributed by atoms with Gasteiger partial charge in [-0.25, -0.2) is 0 Å². The summed E-state index contributed by atoms with van der Waals surface area (Å²) in [5.74, 6) is 0.948. The molecule has 1 atom stereocenters. The molecule has 0 amide bonds. The molecule has 0 spiro atoms. The van der Waals surface area contributed by atoms with E-state index in [4.69, 9.17) is 0 Å². The van der Waals surface area contributed by atoms with Gasteiger partial charge < -0.3 is 4.90 Å². The van der Waals surface area contributed by atoms with Gasteiger partial charge in [0.2, 0.25) is 0 Å². The number of Topliss-reactive ketones (excluding diaryl/α,β-unsaturated/α-hetero) is 1. The van der Waals surface area contributed by atoms with E-state index >= 15 is 0 Å². The van der Waals surface area contributed by atoms with Gasteiger partial charge >= 0.3 is 0 Å². The zero-order valence-electron chi connectivity index (χ0n) is 14.5. The lowest BCUT2D eigenvalue weighted by atomic mass is 9.60. The van der Waals surface area contributed by atoms with E-state index in [-0.39, 0.29) is 5.41 Å². The molecule has 0 heterocycles. The van der Waals surface area contributed by atoms with E-state index in [1.54, 1.807) is 0 Å². The summed E-state index contributed by atoms with van der Waals surface area (Å²) in [6.07, 6.45) is 7.87. The van der Waals surface area contributed by atoms with Crippen molar-refractivity contribution >= 4 is 5.78 Å². The number of hydrogen-bond donors (Lipinski definition) is 0. The number of carbonyl (C=O) groups excluding carboxylic acids is 1. The van der Waals surface area contributed by atoms with Crippen molar-refractivity contribution in [3.63, 3.8) is 0 Å². The fourth-order valence-corrected chi connectivity index (χ4v) is 4.16. The Labute approximate surface area is 135 Å². The Bertz CT molecular complexity index is 462. The molecule has 1 saturated carbocycles. The highest BCUT2D eigenvalue weighted by Crippen LogP contribution is 2.45. The highest BCUT2D eigenvalue weighted by Gasteiger charge is 2.45. The van der Waals surface area contributed by atoms with Crippen LogP contribution in [0.25, 0.3) is 0 Å². The van der Waals surface area contributed by atoms with Crippen molar-refractivity contribution in [2.24, 2.45) is 5.92 Å². The van der Waals surface area contributed by atoms with Gasteiger partial charge in [0.25, 0.3) is 0 Å². The van der Waals surface area contributed by atoms with E-state index in [0.29, 0.717) is 18.1 Å². The van der Waals surface area contributed by atoms with Gasteiger partial charge in [0, 0.05) is 6.42 Å². The van der Waals surface area contributed by atoms with Crippen LogP contribution < -0.4 is 0 Å². The van der Waals surface area contributed by atoms with Crippen molar-refractivity contribution in [1.29, 1.82) is 0 Å². The summed E-state index contributed by atoms with van der Waals surface area (Å²) in [5.41, 5.74) is 0.969. The fraction of sp³-hybridized carbons (Fsp3) is 0.650. The van der Waals surface area contributed by atoms with Crippen LogP contribution in [-0.4, -0.2) is 31.3 Å². The Morgan fingerprint density at radius 2 is 1.77 bits per heavy atom. The first-order chi connectivity index (χ1) is 10.6. The molecule has 1 unspecified atom stereocenters. The molecular formula is C20H31NO. The number of rotatable bonds is 7. The molecule has 2 rings (SSSR count). The van der Waals surface area contributed by atoms with Gasteiger partial charge in [0.05, 0.1) is 5.41 Å². The standard InChI is InChI=1S/C20H31NO/c1-4-19(22)20(15-16-21(2)3,17-11-7-5-8-12-17)18-13-9-6-10-14-18/h5,7-8,11-12,18H,4,6,9-10,13-16H2,1-3H3. The predicted octanol–water partition coefficient (Wildman–Crippen LogP) is 4.44. The molecule has 1 aromatic carbocycles. The van der Waals surface area contributed by atoms with Gasteiger partial charge in [-0.05, 0) is 51.4 Å². The molecule has 0 aliphatic heterocycles. The molecular weight excluding hydrogens is 270 g/mol. The third-order valence-electron chi connectivity index (χ3n) is 5.36. The predicted molar refractivity (Wildman–Crippen MR) is 93.2 cm³/mol. The molecule has 22 heavy (non-hydrogen) atoms. The fourth-order valence-electron chi connectivity index (χ4n) is 4.16. The van der Waals surface area contributed by atoms with E-state index in [0.717, 1.165) is 13.0 Å². The Balaban J connectivity index is 2.44. The number of hydrogen-bond acceptors (Lipinski definition) is 2. The van der Waals surface area contributed by atoms with Gasteiger partial charge in [-0.3, -0.25) is 4.79 Å². The van der Waals surface area contributed by atoms with Gasteiger partial charge in [0.15, 0.2) is 0 Å². The maximum atomic E-state index is 13.1. The summed E-state index contributed by atoms with van der Waals surface area (Å²) >= 11 is 0. The second-order valence-electron chi connectivity index (χ2n) is 7.00. The molecule has 0 aromatic heterocycles. The Morgan fingerprint density at radius 3 is 2.32 bits per heavy atom. The zero-order valence-corrected chi connectivity index (χ0v) is 14.5. The van der Waals surface area contributed by atoms with Crippen LogP contribution in [0.5, 0.6) is 0 Å². The highest BCUT2D eigenvalue weighted by atomic mass is 16.1. The van der Waals surface area contributed by atoms with Crippen LogP contribution in [0.15, 0.2) is 30.3 Å². The van der Waals surface area contributed by atoms with Crippen LogP contribution in [0.1, 0.15) is 57.4 Å². The molecule has 0 N–H and O–H groups in total. The minimum absolute atomic E-state index is 0.277. The van der Waals surface area contributed by atoms with Gasteiger partial charge in [-0.15, -0.1) is 0 Å². The van der Waals surface area contributed by atoms with E-state index in [2.05, 4.69) is 49.3 Å². The molecule has 122 valence electrons. The maximum absolute atomic E-state index is 13.1. The molecule has 1 fully saturated rings. The van der Waals surface area contributed by atoms with Crippen molar-refractivity contribution in [3.05, 3.63) is 35.9 Å². The van der Waals surface area contributed by atoms with Crippen LogP contribution in [0, 0.1) is 5.92 Å². The Hall–Kier alpha value is -1.15. The number of nitrogens with zero attached hydrogens (tertiary/aromatic N) is 1. The van der Waals surface area contributed by atoms with E-state index < -0.39 is 0 Å². The van der Waals surface area contributed by atoms with Crippen LogP contribution in [0.4, 0.5) is 0 Å². The van der Waals surface area contributed by atoms with Crippen LogP contribution in [-0.2, 0) is 10.2 Å². The maximum Gasteiger partial charge on any atom is 0.143 e. The number of ketones is 1. The number of benzene rings is 1. The molecule has 1 aliphatic carbocycles. The third-order valence-corrected chi connectivity index (χ3v) is 5.36. The summed E-state index contributed by atoms with van der Waals surface area (Å²) in [6, 6.07) is 10.6. The van der Waals surface area contributed by atoms with E-state index in [1.807, 2.05) is 6.92 Å². The average molecular weight is 301 g/mol. The lowest BCUT2D eigenvalue weighted by Gasteiger charge is -2.43. The summed E-state index contributed by atoms with van der Waals surface area (Å²) in [7, 11) is 4.21. The summed E-state index contributed by atoms with van der Waals surface area (Å²) in [4.78, 5) is 15.3. The topological polar surface area (TPSA) is 20.3 Å². The van der Waals surface area contributed by atoms with Crippen molar-refractivity contribution < 1.29 is 4.79 Å². The molecule has 0 bridgehead atoms. The Kier molecular flexibility index (Phi) is 6.19. The Morgan fingerprint density at radius 1 is 1.14 bits per heavy atom. The smallest absolute Gasteiger partial charge is 0.143 e. The molecule has 1 aliphatic rings. The quantitative estimate of drug-likeness (QED) is 0.742. The average Bonchev–Trinajstić information content (AvgIpc) is 2.57. The summed E-state index contributed by atoms with van der Waals surface area (Å²) < 4.78 is 0. The lowest BCUT2D eigenvalue weighted by Crippen LogP contribution is -2.45. The van der Waals surface area contributed by atoms with Crippen molar-refractivity contribution in [3.8, 4) is 0 Å². The monoisotopic (exact) mass is 301 g/mol. The van der Waals surface area contributed by atoms with E-state index in [1.165, 1.54) is 37.7 Å². The molecule has 1 aromatic rings. The minimum atomic E-state index is -0.277. The summed E-state index contributed by atoms with van der Waals surface area (Å²) in [6.45, 7) is 3.00. The molecule has 2 heteroatoms. The van der Waals surface area contributed by atoms with Crippen molar-refractivity contribution in [2.75, 3.05) is 20.6 Å². The largest absolute Gasteiger partial charge is 0.309 e. The molecule has 2 nitrogen and oxygen atoms in total. The first-order valence-electron chi connectivity index (χ1n) is 8.84. The van der Waals surface area contributed by atoms with Crippen molar-refractivity contribution in [2.45, 2.75) is 57.3 Å².